The zero-order valence-corrected chi connectivity index (χ0v) is 10.2. The molecule has 0 amide bonds. The first-order chi connectivity index (χ1) is 9.02. The highest BCUT2D eigenvalue weighted by Gasteiger charge is 2.30. The van der Waals surface area contributed by atoms with E-state index in [-0.39, 0.29) is 18.2 Å². The number of aliphatic hydroxyl groups excluding tert-OH is 1. The van der Waals surface area contributed by atoms with E-state index in [9.17, 15) is 18.9 Å². The van der Waals surface area contributed by atoms with Crippen LogP contribution in [0, 0.1) is 27.7 Å². The Morgan fingerprint density at radius 2 is 2.21 bits per heavy atom. The number of hydrogen-bond donors (Lipinski definition) is 1. The van der Waals surface area contributed by atoms with Crippen LogP contribution in [0.15, 0.2) is 12.1 Å². The third kappa shape index (κ3) is 2.81. The molecule has 1 fully saturated rings. The zero-order chi connectivity index (χ0) is 14.0. The Bertz CT molecular complexity index is 496. The number of hydrogen-bond acceptors (Lipinski definition) is 4. The van der Waals surface area contributed by atoms with Crippen molar-refractivity contribution < 1.29 is 18.8 Å². The fourth-order valence-corrected chi connectivity index (χ4v) is 2.44. The number of nitro groups is 1. The van der Waals surface area contributed by atoms with Gasteiger partial charge in [-0.15, -0.1) is 0 Å². The predicted octanol–water partition coefficient (Wildman–Crippen LogP) is 2.08. The van der Waals surface area contributed by atoms with Crippen LogP contribution in [0.5, 0.6) is 0 Å². The lowest BCUT2D eigenvalue weighted by Gasteiger charge is -2.18. The van der Waals surface area contributed by atoms with Crippen LogP contribution < -0.4 is 4.90 Å². The van der Waals surface area contributed by atoms with Gasteiger partial charge in [-0.05, 0) is 18.8 Å². The molecule has 1 heterocycles. The van der Waals surface area contributed by atoms with Gasteiger partial charge in [0.05, 0.1) is 4.92 Å². The van der Waals surface area contributed by atoms with E-state index in [1.165, 1.54) is 0 Å². The lowest BCUT2D eigenvalue weighted by atomic mass is 10.1. The van der Waals surface area contributed by atoms with Crippen LogP contribution in [0.4, 0.5) is 20.2 Å². The summed E-state index contributed by atoms with van der Waals surface area (Å²) in [6, 6.07) is 1.51. The molecule has 0 aromatic heterocycles. The summed E-state index contributed by atoms with van der Waals surface area (Å²) in [7, 11) is 0. The molecule has 1 aromatic carbocycles. The van der Waals surface area contributed by atoms with Crippen LogP contribution in [0.3, 0.4) is 0 Å². The van der Waals surface area contributed by atoms with Gasteiger partial charge in [0.15, 0.2) is 0 Å². The molecule has 0 saturated carbocycles. The van der Waals surface area contributed by atoms with Gasteiger partial charge >= 0.3 is 5.69 Å². The Hall–Kier alpha value is -1.76. The van der Waals surface area contributed by atoms with Crippen molar-refractivity contribution in [3.8, 4) is 0 Å². The van der Waals surface area contributed by atoms with Crippen molar-refractivity contribution in [2.24, 2.45) is 5.92 Å². The first-order valence-electron chi connectivity index (χ1n) is 6.02. The third-order valence-corrected chi connectivity index (χ3v) is 3.35. The molecule has 1 aliphatic rings. The van der Waals surface area contributed by atoms with Crippen molar-refractivity contribution in [1.29, 1.82) is 0 Å². The summed E-state index contributed by atoms with van der Waals surface area (Å²) in [5.41, 5.74) is -0.714. The Morgan fingerprint density at radius 3 is 2.84 bits per heavy atom. The second kappa shape index (κ2) is 5.48. The molecular formula is C12H14F2N2O3. The summed E-state index contributed by atoms with van der Waals surface area (Å²) in [6.07, 6.45) is 1.33. The molecule has 0 spiro atoms. The van der Waals surface area contributed by atoms with Gasteiger partial charge in [0.1, 0.15) is 11.5 Å². The summed E-state index contributed by atoms with van der Waals surface area (Å²) < 4.78 is 26.8. The number of halogens is 2. The van der Waals surface area contributed by atoms with E-state index in [1.807, 2.05) is 0 Å². The van der Waals surface area contributed by atoms with Gasteiger partial charge in [-0.1, -0.05) is 0 Å². The molecule has 1 aromatic rings. The molecule has 1 N–H and O–H groups in total. The Kier molecular flexibility index (Phi) is 3.94. The van der Waals surface area contributed by atoms with Crippen molar-refractivity contribution in [1.82, 2.24) is 0 Å². The van der Waals surface area contributed by atoms with Crippen LogP contribution >= 0.6 is 0 Å². The summed E-state index contributed by atoms with van der Waals surface area (Å²) in [5, 5.41) is 19.8. The zero-order valence-electron chi connectivity index (χ0n) is 10.2. The Labute approximate surface area is 108 Å². The number of anilines is 1. The van der Waals surface area contributed by atoms with E-state index in [4.69, 9.17) is 5.11 Å². The smallest absolute Gasteiger partial charge is 0.328 e. The molecule has 1 unspecified atom stereocenters. The van der Waals surface area contributed by atoms with Gasteiger partial charge in [-0.3, -0.25) is 10.1 Å². The largest absolute Gasteiger partial charge is 0.396 e. The second-order valence-corrected chi connectivity index (χ2v) is 4.63. The van der Waals surface area contributed by atoms with Crippen molar-refractivity contribution in [2.75, 3.05) is 24.6 Å². The predicted molar refractivity (Wildman–Crippen MR) is 65.0 cm³/mol. The molecule has 1 aliphatic heterocycles. The quantitative estimate of drug-likeness (QED) is 0.673. The first kappa shape index (κ1) is 13.7. The normalized spacial score (nSPS) is 18.9. The van der Waals surface area contributed by atoms with Gasteiger partial charge in [0.2, 0.25) is 5.82 Å². The SMILES string of the molecule is O=[N+]([O-])c1c(F)cc(F)cc1N1CCC(CCO)C1. The highest BCUT2D eigenvalue weighted by Crippen LogP contribution is 2.35. The van der Waals surface area contributed by atoms with E-state index in [0.717, 1.165) is 12.5 Å². The van der Waals surface area contributed by atoms with Gasteiger partial charge in [-0.2, -0.15) is 4.39 Å². The van der Waals surface area contributed by atoms with Crippen molar-refractivity contribution in [3.63, 3.8) is 0 Å². The van der Waals surface area contributed by atoms with Crippen molar-refractivity contribution >= 4 is 11.4 Å². The molecule has 19 heavy (non-hydrogen) atoms. The fourth-order valence-electron chi connectivity index (χ4n) is 2.44. The number of nitro benzene ring substituents is 1. The molecule has 0 bridgehead atoms. The highest BCUT2D eigenvalue weighted by atomic mass is 19.1. The van der Waals surface area contributed by atoms with Crippen molar-refractivity contribution in [2.45, 2.75) is 12.8 Å². The first-order valence-corrected chi connectivity index (χ1v) is 6.02. The maximum absolute atomic E-state index is 13.5. The lowest BCUT2D eigenvalue weighted by Crippen LogP contribution is -2.21. The molecule has 5 nitrogen and oxygen atoms in total. The maximum atomic E-state index is 13.5. The fraction of sp³-hybridized carbons (Fsp3) is 0.500. The monoisotopic (exact) mass is 272 g/mol. The molecule has 1 saturated heterocycles. The van der Waals surface area contributed by atoms with Gasteiger partial charge in [0.25, 0.3) is 0 Å². The van der Waals surface area contributed by atoms with E-state index < -0.39 is 22.2 Å². The number of nitrogens with zero attached hydrogens (tertiary/aromatic N) is 2. The molecule has 1 atom stereocenters. The van der Waals surface area contributed by atoms with E-state index in [0.29, 0.717) is 25.6 Å². The van der Waals surface area contributed by atoms with Crippen LogP contribution in [0.25, 0.3) is 0 Å². The highest BCUT2D eigenvalue weighted by molar-refractivity contribution is 5.64. The summed E-state index contributed by atoms with van der Waals surface area (Å²) in [5.74, 6) is -1.80. The standard InChI is InChI=1S/C12H14F2N2O3/c13-9-5-10(14)12(16(18)19)11(6-9)15-3-1-8(7-15)2-4-17/h5-6,8,17H,1-4,7H2. The number of rotatable bonds is 4. The second-order valence-electron chi connectivity index (χ2n) is 4.63. The van der Waals surface area contributed by atoms with Gasteiger partial charge in [0, 0.05) is 31.8 Å². The maximum Gasteiger partial charge on any atom is 0.328 e. The summed E-state index contributed by atoms with van der Waals surface area (Å²) >= 11 is 0. The third-order valence-electron chi connectivity index (χ3n) is 3.35. The van der Waals surface area contributed by atoms with Gasteiger partial charge in [-0.25, -0.2) is 4.39 Å². The molecule has 0 aliphatic carbocycles. The average molecular weight is 272 g/mol. The Balaban J connectivity index is 2.32. The van der Waals surface area contributed by atoms with Crippen LogP contribution in [0.2, 0.25) is 0 Å². The van der Waals surface area contributed by atoms with E-state index >= 15 is 0 Å². The van der Waals surface area contributed by atoms with E-state index in [2.05, 4.69) is 0 Å². The Morgan fingerprint density at radius 1 is 1.47 bits per heavy atom. The minimum absolute atomic E-state index is 0.0251. The molecule has 2 rings (SSSR count). The molecular weight excluding hydrogens is 258 g/mol. The minimum Gasteiger partial charge on any atom is -0.396 e. The average Bonchev–Trinajstić information content (AvgIpc) is 2.76. The molecule has 0 radical (unpaired) electrons. The molecule has 104 valence electrons. The minimum atomic E-state index is -1.16. The lowest BCUT2D eigenvalue weighted by molar-refractivity contribution is -0.386. The van der Waals surface area contributed by atoms with Crippen LogP contribution in [0.1, 0.15) is 12.8 Å². The summed E-state index contributed by atoms with van der Waals surface area (Å²) in [6.45, 7) is 0.997. The summed E-state index contributed by atoms with van der Waals surface area (Å²) in [4.78, 5) is 11.7. The molecule has 7 heteroatoms. The van der Waals surface area contributed by atoms with Crippen molar-refractivity contribution in [3.05, 3.63) is 33.9 Å². The number of benzene rings is 1. The number of aliphatic hydroxyl groups is 1. The van der Waals surface area contributed by atoms with Crippen LogP contribution in [-0.4, -0.2) is 29.7 Å². The topological polar surface area (TPSA) is 66.6 Å². The van der Waals surface area contributed by atoms with Gasteiger partial charge < -0.3 is 10.0 Å². The van der Waals surface area contributed by atoms with E-state index in [1.54, 1.807) is 4.90 Å². The van der Waals surface area contributed by atoms with Crippen LogP contribution in [-0.2, 0) is 0 Å².